The van der Waals surface area contributed by atoms with E-state index < -0.39 is 5.82 Å². The van der Waals surface area contributed by atoms with Gasteiger partial charge in [0.2, 0.25) is 5.91 Å². The summed E-state index contributed by atoms with van der Waals surface area (Å²) >= 11 is 0.996. The molecule has 4 N–H and O–H groups in total. The van der Waals surface area contributed by atoms with Gasteiger partial charge in [-0.1, -0.05) is 6.92 Å². The van der Waals surface area contributed by atoms with E-state index in [4.69, 9.17) is 0 Å². The van der Waals surface area contributed by atoms with Crippen LogP contribution >= 0.6 is 11.3 Å². The van der Waals surface area contributed by atoms with Crippen LogP contribution in [0.25, 0.3) is 49.5 Å². The second-order valence-electron chi connectivity index (χ2n) is 8.54. The maximum atomic E-state index is 16.0. The maximum Gasteiger partial charge on any atom is 0.223 e. The Hall–Kier alpha value is -4.45. The molecule has 0 aromatic carbocycles. The lowest BCUT2D eigenvalue weighted by Gasteiger charge is -2.23. The first kappa shape index (κ1) is 23.0. The minimum Gasteiger partial charge on any atom is -0.382 e. The lowest BCUT2D eigenvalue weighted by atomic mass is 10.0. The Labute approximate surface area is 212 Å². The summed E-state index contributed by atoms with van der Waals surface area (Å²) in [4.78, 5) is 29.0. The predicted octanol–water partition coefficient (Wildman–Crippen LogP) is 4.65. The molecule has 0 saturated heterocycles. The zero-order valence-electron chi connectivity index (χ0n) is 19.7. The number of rotatable bonds is 5. The Morgan fingerprint density at radius 3 is 2.81 bits per heavy atom. The van der Waals surface area contributed by atoms with E-state index in [0.717, 1.165) is 11.3 Å². The van der Waals surface area contributed by atoms with E-state index in [1.165, 1.54) is 12.3 Å². The van der Waals surface area contributed by atoms with Crippen LogP contribution in [0.15, 0.2) is 48.7 Å². The molecule has 0 saturated carbocycles. The van der Waals surface area contributed by atoms with Crippen molar-refractivity contribution in [3.8, 4) is 22.0 Å². The summed E-state index contributed by atoms with van der Waals surface area (Å²) in [5.41, 5.74) is 3.73. The SMILES string of the molecule is CCC(=O)NC1=CC(c2ncc3[nH]nc(-c4nc5c(-c6ccc(F)s6)cncc5[nH]4)c3c2F)=CNC1C. The lowest BCUT2D eigenvalue weighted by Crippen LogP contribution is -2.36. The first-order valence-corrected chi connectivity index (χ1v) is 12.3. The summed E-state index contributed by atoms with van der Waals surface area (Å²) in [7, 11) is 0. The summed E-state index contributed by atoms with van der Waals surface area (Å²) in [6.07, 6.45) is 8.44. The quantitative estimate of drug-likeness (QED) is 0.269. The minimum absolute atomic E-state index is 0.102. The average molecular weight is 519 g/mol. The molecular weight excluding hydrogens is 498 g/mol. The number of imidazole rings is 1. The van der Waals surface area contributed by atoms with Crippen LogP contribution in [-0.4, -0.2) is 42.1 Å². The van der Waals surface area contributed by atoms with Crippen molar-refractivity contribution < 1.29 is 13.6 Å². The number of nitrogens with one attached hydrogen (secondary N) is 4. The number of H-pyrrole nitrogens is 2. The standard InChI is InChI=1S/C25H20F2N8OS/c1-3-19(36)31-14-6-12(7-29-11(14)2)22-21(27)20-15(10-30-22)34-35-24(20)25-32-16-9-28-8-13(23(16)33-25)17-4-5-18(26)37-17/h4-11,29H,3H2,1-2H3,(H,31,36)(H,32,33)(H,34,35). The van der Waals surface area contributed by atoms with Gasteiger partial charge in [0.05, 0.1) is 34.9 Å². The van der Waals surface area contributed by atoms with Crippen molar-refractivity contribution in [1.29, 1.82) is 0 Å². The van der Waals surface area contributed by atoms with E-state index in [-0.39, 0.29) is 33.9 Å². The van der Waals surface area contributed by atoms with Gasteiger partial charge in [0.1, 0.15) is 16.9 Å². The van der Waals surface area contributed by atoms with Crippen LogP contribution in [0.1, 0.15) is 26.0 Å². The molecule has 12 heteroatoms. The summed E-state index contributed by atoms with van der Waals surface area (Å²) in [5.74, 6) is -0.383. The number of hydrogen-bond donors (Lipinski definition) is 4. The molecule has 0 bridgehead atoms. The van der Waals surface area contributed by atoms with E-state index in [0.29, 0.717) is 50.5 Å². The van der Waals surface area contributed by atoms with Crippen LogP contribution in [0.2, 0.25) is 0 Å². The highest BCUT2D eigenvalue weighted by atomic mass is 32.1. The zero-order chi connectivity index (χ0) is 25.7. The molecular formula is C25H20F2N8OS. The number of allylic oxidation sites excluding steroid dienone is 2. The van der Waals surface area contributed by atoms with Crippen molar-refractivity contribution in [3.05, 3.63) is 65.3 Å². The number of pyridine rings is 2. The number of halogens is 2. The number of aromatic nitrogens is 6. The number of aromatic amines is 2. The Bertz CT molecular complexity index is 1750. The normalized spacial score (nSPS) is 15.5. The molecule has 0 aliphatic carbocycles. The van der Waals surface area contributed by atoms with Gasteiger partial charge in [-0.15, -0.1) is 11.3 Å². The molecule has 0 fully saturated rings. The highest BCUT2D eigenvalue weighted by Crippen LogP contribution is 2.35. The third-order valence-corrected chi connectivity index (χ3v) is 7.05. The smallest absolute Gasteiger partial charge is 0.223 e. The molecule has 0 radical (unpaired) electrons. The molecule has 0 spiro atoms. The van der Waals surface area contributed by atoms with Crippen molar-refractivity contribution >= 4 is 44.8 Å². The molecule has 1 unspecified atom stereocenters. The van der Waals surface area contributed by atoms with E-state index in [1.807, 2.05) is 6.92 Å². The van der Waals surface area contributed by atoms with Crippen molar-refractivity contribution in [3.63, 3.8) is 0 Å². The Kier molecular flexibility index (Phi) is 5.52. The van der Waals surface area contributed by atoms with Crippen LogP contribution in [0, 0.1) is 10.9 Å². The van der Waals surface area contributed by atoms with Crippen molar-refractivity contribution in [2.45, 2.75) is 26.3 Å². The van der Waals surface area contributed by atoms with Crippen LogP contribution in [0.4, 0.5) is 8.78 Å². The van der Waals surface area contributed by atoms with Gasteiger partial charge in [0, 0.05) is 40.5 Å². The van der Waals surface area contributed by atoms with E-state index in [2.05, 4.69) is 40.8 Å². The van der Waals surface area contributed by atoms with Gasteiger partial charge in [-0.25, -0.2) is 9.37 Å². The molecule has 6 heterocycles. The number of thiophene rings is 1. The molecule has 9 nitrogen and oxygen atoms in total. The van der Waals surface area contributed by atoms with Crippen LogP contribution in [0.3, 0.4) is 0 Å². The molecule has 1 atom stereocenters. The number of dihydropyridines is 1. The molecule has 186 valence electrons. The summed E-state index contributed by atoms with van der Waals surface area (Å²) in [6, 6.07) is 2.91. The van der Waals surface area contributed by atoms with Gasteiger partial charge in [0.25, 0.3) is 0 Å². The minimum atomic E-state index is -0.583. The van der Waals surface area contributed by atoms with Crippen LogP contribution < -0.4 is 10.6 Å². The lowest BCUT2D eigenvalue weighted by molar-refractivity contribution is -0.120. The molecule has 5 aromatic rings. The van der Waals surface area contributed by atoms with E-state index in [9.17, 15) is 9.18 Å². The van der Waals surface area contributed by atoms with E-state index >= 15 is 4.39 Å². The van der Waals surface area contributed by atoms with Crippen molar-refractivity contribution in [2.24, 2.45) is 0 Å². The number of amides is 1. The fraction of sp³-hybridized carbons (Fsp3) is 0.160. The van der Waals surface area contributed by atoms with Gasteiger partial charge in [-0.3, -0.25) is 19.9 Å². The van der Waals surface area contributed by atoms with E-state index in [1.54, 1.807) is 37.7 Å². The molecule has 37 heavy (non-hydrogen) atoms. The summed E-state index contributed by atoms with van der Waals surface area (Å²) in [6.45, 7) is 3.66. The highest BCUT2D eigenvalue weighted by Gasteiger charge is 2.24. The Balaban J connectivity index is 1.45. The van der Waals surface area contributed by atoms with Crippen molar-refractivity contribution in [2.75, 3.05) is 0 Å². The van der Waals surface area contributed by atoms with Crippen LogP contribution in [0.5, 0.6) is 0 Å². The monoisotopic (exact) mass is 518 g/mol. The summed E-state index contributed by atoms with van der Waals surface area (Å²) < 4.78 is 29.6. The first-order chi connectivity index (χ1) is 17.9. The zero-order valence-corrected chi connectivity index (χ0v) is 20.5. The van der Waals surface area contributed by atoms with Crippen molar-refractivity contribution in [1.82, 2.24) is 40.8 Å². The second kappa shape index (κ2) is 8.89. The largest absolute Gasteiger partial charge is 0.382 e. The van der Waals surface area contributed by atoms with Gasteiger partial charge in [0.15, 0.2) is 16.8 Å². The van der Waals surface area contributed by atoms with Crippen LogP contribution in [-0.2, 0) is 4.79 Å². The van der Waals surface area contributed by atoms with Gasteiger partial charge in [-0.05, 0) is 25.1 Å². The maximum absolute atomic E-state index is 16.0. The Morgan fingerprint density at radius 1 is 1.16 bits per heavy atom. The molecule has 5 aromatic heterocycles. The van der Waals surface area contributed by atoms with Gasteiger partial charge >= 0.3 is 0 Å². The first-order valence-electron chi connectivity index (χ1n) is 11.5. The average Bonchev–Trinajstić information content (AvgIpc) is 3.63. The molecule has 1 aliphatic rings. The number of nitrogens with zero attached hydrogens (tertiary/aromatic N) is 4. The molecule has 1 amide bonds. The van der Waals surface area contributed by atoms with Gasteiger partial charge < -0.3 is 15.6 Å². The predicted molar refractivity (Wildman–Crippen MR) is 137 cm³/mol. The summed E-state index contributed by atoms with van der Waals surface area (Å²) in [5, 5.41) is 13.0. The van der Waals surface area contributed by atoms with Gasteiger partial charge in [-0.2, -0.15) is 9.49 Å². The number of carbonyl (C=O) groups excluding carboxylic acids is 1. The topological polar surface area (TPSA) is 124 Å². The Morgan fingerprint density at radius 2 is 2.03 bits per heavy atom. The third kappa shape index (κ3) is 3.95. The third-order valence-electron chi connectivity index (χ3n) is 6.15. The number of hydrogen-bond acceptors (Lipinski definition) is 7. The number of carbonyl (C=O) groups is 1. The fourth-order valence-corrected chi connectivity index (χ4v) is 4.94. The fourth-order valence-electron chi connectivity index (χ4n) is 4.20. The molecule has 1 aliphatic heterocycles. The molecule has 6 rings (SSSR count). The second-order valence-corrected chi connectivity index (χ2v) is 9.58. The highest BCUT2D eigenvalue weighted by molar-refractivity contribution is 7.14. The number of fused-ring (bicyclic) bond motifs is 2.